The van der Waals surface area contributed by atoms with Crippen LogP contribution in [0.4, 0.5) is 5.69 Å². The number of nitrogens with zero attached hydrogens (tertiary/aromatic N) is 1. The van der Waals surface area contributed by atoms with Crippen molar-refractivity contribution < 1.29 is 0 Å². The lowest BCUT2D eigenvalue weighted by molar-refractivity contribution is 0.626. The molecule has 0 unspecified atom stereocenters. The Morgan fingerprint density at radius 3 is 1.96 bits per heavy atom. The number of hydrogen-bond acceptors (Lipinski definition) is 1. The van der Waals surface area contributed by atoms with Crippen LogP contribution in [0.15, 0.2) is 72.8 Å². The molecule has 142 valence electrons. The van der Waals surface area contributed by atoms with Gasteiger partial charge in [-0.2, -0.15) is 0 Å². The minimum atomic E-state index is -0.0968. The van der Waals surface area contributed by atoms with Gasteiger partial charge in [-0.15, -0.1) is 0 Å². The summed E-state index contributed by atoms with van der Waals surface area (Å²) in [6, 6.07) is 26.6. The molecule has 1 aliphatic heterocycles. The Kier molecular flexibility index (Phi) is 4.63. The smallest absolute Gasteiger partial charge is 0.0610 e. The molecule has 1 nitrogen and oxygen atoms in total. The predicted molar refractivity (Wildman–Crippen MR) is 122 cm³/mol. The molecule has 0 bridgehead atoms. The van der Waals surface area contributed by atoms with E-state index in [0.29, 0.717) is 0 Å². The molecular weight excluding hydrogens is 338 g/mol. The number of para-hydroxylation sites is 1. The van der Waals surface area contributed by atoms with Gasteiger partial charge in [0.05, 0.1) is 5.54 Å². The van der Waals surface area contributed by atoms with Crippen LogP contribution in [-0.2, 0) is 0 Å². The molecule has 0 saturated heterocycles. The lowest BCUT2D eigenvalue weighted by Crippen LogP contribution is -2.41. The standard InChI is InChI=1S/C27H29N/c1-19-15-20(2)17-23(16-19)24-18-28(25-14-10-9-11-21(25)3)27(4,5)26(24)22-12-7-6-8-13-22/h6-17H,18H2,1-5H3. The molecule has 0 spiro atoms. The summed E-state index contributed by atoms with van der Waals surface area (Å²) in [4.78, 5) is 2.57. The Morgan fingerprint density at radius 2 is 1.32 bits per heavy atom. The van der Waals surface area contributed by atoms with Gasteiger partial charge in [0.1, 0.15) is 0 Å². The minimum absolute atomic E-state index is 0.0968. The normalized spacial score (nSPS) is 16.0. The molecule has 3 aromatic rings. The second kappa shape index (κ2) is 6.98. The van der Waals surface area contributed by atoms with Crippen LogP contribution in [-0.4, -0.2) is 12.1 Å². The molecule has 1 heteroatoms. The number of rotatable bonds is 3. The van der Waals surface area contributed by atoms with Gasteiger partial charge in [-0.3, -0.25) is 0 Å². The van der Waals surface area contributed by atoms with E-state index in [0.717, 1.165) is 6.54 Å². The van der Waals surface area contributed by atoms with Crippen LogP contribution in [0.3, 0.4) is 0 Å². The zero-order valence-electron chi connectivity index (χ0n) is 17.6. The van der Waals surface area contributed by atoms with Gasteiger partial charge < -0.3 is 4.90 Å². The lowest BCUT2D eigenvalue weighted by atomic mass is 9.85. The van der Waals surface area contributed by atoms with Gasteiger partial charge >= 0.3 is 0 Å². The second-order valence-electron chi connectivity index (χ2n) is 8.53. The van der Waals surface area contributed by atoms with Crippen molar-refractivity contribution in [3.8, 4) is 0 Å². The van der Waals surface area contributed by atoms with Crippen molar-refractivity contribution in [2.24, 2.45) is 0 Å². The lowest BCUT2D eigenvalue weighted by Gasteiger charge is -2.37. The van der Waals surface area contributed by atoms with Crippen molar-refractivity contribution in [2.75, 3.05) is 11.4 Å². The maximum Gasteiger partial charge on any atom is 0.0610 e. The molecule has 4 rings (SSSR count). The molecule has 0 saturated carbocycles. The fourth-order valence-electron chi connectivity index (χ4n) is 4.71. The van der Waals surface area contributed by atoms with E-state index in [1.165, 1.54) is 44.7 Å². The summed E-state index contributed by atoms with van der Waals surface area (Å²) in [6.45, 7) is 12.2. The van der Waals surface area contributed by atoms with Gasteiger partial charge in [-0.05, 0) is 68.5 Å². The highest BCUT2D eigenvalue weighted by molar-refractivity contribution is 6.01. The number of benzene rings is 3. The molecular formula is C27H29N. The molecule has 0 fully saturated rings. The van der Waals surface area contributed by atoms with Gasteiger partial charge in [0.2, 0.25) is 0 Å². The summed E-state index contributed by atoms with van der Waals surface area (Å²) in [5.41, 5.74) is 10.7. The average Bonchev–Trinajstić information content (AvgIpc) is 2.93. The van der Waals surface area contributed by atoms with Crippen LogP contribution in [0.2, 0.25) is 0 Å². The highest BCUT2D eigenvalue weighted by atomic mass is 15.2. The maximum atomic E-state index is 2.57. The Hall–Kier alpha value is -2.80. The quantitative estimate of drug-likeness (QED) is 0.491. The maximum absolute atomic E-state index is 2.57. The van der Waals surface area contributed by atoms with Crippen LogP contribution < -0.4 is 4.90 Å². The summed E-state index contributed by atoms with van der Waals surface area (Å²) >= 11 is 0. The fraction of sp³-hybridized carbons (Fsp3) is 0.259. The summed E-state index contributed by atoms with van der Waals surface area (Å²) in [7, 11) is 0. The zero-order valence-corrected chi connectivity index (χ0v) is 17.6. The predicted octanol–water partition coefficient (Wildman–Crippen LogP) is 6.82. The number of anilines is 1. The SMILES string of the molecule is Cc1cc(C)cc(C2=C(c3ccccc3)C(C)(C)N(c3ccccc3C)C2)c1. The molecule has 1 heterocycles. The van der Waals surface area contributed by atoms with E-state index < -0.39 is 0 Å². The van der Waals surface area contributed by atoms with Gasteiger partial charge in [0.25, 0.3) is 0 Å². The Bertz CT molecular complexity index is 1020. The molecule has 28 heavy (non-hydrogen) atoms. The summed E-state index contributed by atoms with van der Waals surface area (Å²) < 4.78 is 0. The first-order valence-electron chi connectivity index (χ1n) is 10.1. The van der Waals surface area contributed by atoms with Crippen LogP contribution >= 0.6 is 0 Å². The van der Waals surface area contributed by atoms with E-state index in [9.17, 15) is 0 Å². The molecule has 0 radical (unpaired) electrons. The number of aryl methyl sites for hydroxylation is 3. The molecule has 1 aliphatic rings. The number of hydrogen-bond donors (Lipinski definition) is 0. The van der Waals surface area contributed by atoms with Crippen LogP contribution in [0.1, 0.15) is 41.7 Å². The second-order valence-corrected chi connectivity index (χ2v) is 8.53. The van der Waals surface area contributed by atoms with Crippen LogP contribution in [0.5, 0.6) is 0 Å². The highest BCUT2D eigenvalue weighted by Gasteiger charge is 2.41. The van der Waals surface area contributed by atoms with Crippen molar-refractivity contribution in [3.63, 3.8) is 0 Å². The van der Waals surface area contributed by atoms with Crippen molar-refractivity contribution in [3.05, 3.63) is 101 Å². The monoisotopic (exact) mass is 367 g/mol. The third-order valence-corrected chi connectivity index (χ3v) is 5.94. The van der Waals surface area contributed by atoms with Gasteiger partial charge in [0, 0.05) is 12.2 Å². The Balaban J connectivity index is 1.94. The van der Waals surface area contributed by atoms with Crippen LogP contribution in [0, 0.1) is 20.8 Å². The Labute approximate surface area is 169 Å². The third-order valence-electron chi connectivity index (χ3n) is 5.94. The van der Waals surface area contributed by atoms with Crippen molar-refractivity contribution in [2.45, 2.75) is 40.2 Å². The summed E-state index contributed by atoms with van der Waals surface area (Å²) in [5, 5.41) is 0. The molecule has 0 aromatic heterocycles. The molecule has 0 amide bonds. The van der Waals surface area contributed by atoms with Crippen LogP contribution in [0.25, 0.3) is 11.1 Å². The van der Waals surface area contributed by atoms with E-state index in [4.69, 9.17) is 0 Å². The molecule has 0 aliphatic carbocycles. The van der Waals surface area contributed by atoms with E-state index in [1.807, 2.05) is 0 Å². The third kappa shape index (κ3) is 3.16. The minimum Gasteiger partial charge on any atom is -0.358 e. The summed E-state index contributed by atoms with van der Waals surface area (Å²) in [5.74, 6) is 0. The molecule has 3 aromatic carbocycles. The molecule has 0 N–H and O–H groups in total. The van der Waals surface area contributed by atoms with Gasteiger partial charge in [-0.25, -0.2) is 0 Å². The van der Waals surface area contributed by atoms with E-state index in [-0.39, 0.29) is 5.54 Å². The first-order valence-corrected chi connectivity index (χ1v) is 10.1. The first-order chi connectivity index (χ1) is 13.4. The van der Waals surface area contributed by atoms with Crippen molar-refractivity contribution in [1.29, 1.82) is 0 Å². The topological polar surface area (TPSA) is 3.24 Å². The van der Waals surface area contributed by atoms with E-state index >= 15 is 0 Å². The molecule has 0 atom stereocenters. The Morgan fingerprint density at radius 1 is 0.714 bits per heavy atom. The van der Waals surface area contributed by atoms with Crippen molar-refractivity contribution in [1.82, 2.24) is 0 Å². The zero-order chi connectivity index (χ0) is 19.9. The first kappa shape index (κ1) is 18.6. The summed E-state index contributed by atoms with van der Waals surface area (Å²) in [6.07, 6.45) is 0. The van der Waals surface area contributed by atoms with Gasteiger partial charge in [-0.1, -0.05) is 77.9 Å². The fourth-order valence-corrected chi connectivity index (χ4v) is 4.71. The van der Waals surface area contributed by atoms with E-state index in [1.54, 1.807) is 0 Å². The van der Waals surface area contributed by atoms with Crippen molar-refractivity contribution >= 4 is 16.8 Å². The van der Waals surface area contributed by atoms with Gasteiger partial charge in [0.15, 0.2) is 0 Å². The largest absolute Gasteiger partial charge is 0.358 e. The average molecular weight is 368 g/mol. The van der Waals surface area contributed by atoms with E-state index in [2.05, 4.69) is 112 Å². The highest BCUT2D eigenvalue weighted by Crippen LogP contribution is 2.47.